The van der Waals surface area contributed by atoms with Crippen LogP contribution in [-0.2, 0) is 0 Å². The summed E-state index contributed by atoms with van der Waals surface area (Å²) < 4.78 is 0. The third kappa shape index (κ3) is 1.42. The van der Waals surface area contributed by atoms with Gasteiger partial charge in [-0.1, -0.05) is 43.3 Å². The van der Waals surface area contributed by atoms with E-state index >= 15 is 0 Å². The van der Waals surface area contributed by atoms with Crippen molar-refractivity contribution in [3.05, 3.63) is 22.4 Å². The maximum absolute atomic E-state index is 3.63. The van der Waals surface area contributed by atoms with Crippen molar-refractivity contribution in [3.63, 3.8) is 0 Å². The van der Waals surface area contributed by atoms with Crippen molar-refractivity contribution in [1.29, 1.82) is 0 Å². The van der Waals surface area contributed by atoms with Crippen molar-refractivity contribution in [1.82, 2.24) is 0 Å². The van der Waals surface area contributed by atoms with Gasteiger partial charge in [0.1, 0.15) is 0 Å². The van der Waals surface area contributed by atoms with Crippen LogP contribution in [0.15, 0.2) is 16.3 Å². The molecule has 0 saturated carbocycles. The minimum absolute atomic E-state index is 0.205. The Morgan fingerprint density at radius 2 is 1.67 bits per heavy atom. The van der Waals surface area contributed by atoms with E-state index in [2.05, 4.69) is 46.9 Å². The predicted molar refractivity (Wildman–Crippen MR) is 57.8 cm³/mol. The summed E-state index contributed by atoms with van der Waals surface area (Å²) >= 11 is 0. The third-order valence-electron chi connectivity index (χ3n) is 2.93. The second kappa shape index (κ2) is 2.88. The summed E-state index contributed by atoms with van der Waals surface area (Å²) in [7, 11) is -0.654. The van der Waals surface area contributed by atoms with Crippen molar-refractivity contribution in [2.24, 2.45) is 5.41 Å². The molecule has 1 aliphatic rings. The minimum Gasteiger partial charge on any atom is -0.0682 e. The van der Waals surface area contributed by atoms with Crippen LogP contribution in [-0.4, -0.2) is 8.80 Å². The van der Waals surface area contributed by atoms with Crippen LogP contribution in [0.25, 0.3) is 0 Å². The van der Waals surface area contributed by atoms with Crippen molar-refractivity contribution < 1.29 is 0 Å². The zero-order chi connectivity index (χ0) is 9.52. The standard InChI is InChI=1S/C11H19Si/c1-8-9(2)11(3,4)7-10(8)12(5)6/h12H,1-6H3. The Kier molecular flexibility index (Phi) is 2.35. The van der Waals surface area contributed by atoms with E-state index in [1.807, 2.05) is 0 Å². The van der Waals surface area contributed by atoms with Gasteiger partial charge in [0.15, 0.2) is 0 Å². The fourth-order valence-corrected chi connectivity index (χ4v) is 3.50. The highest BCUT2D eigenvalue weighted by Crippen LogP contribution is 2.39. The first-order valence-corrected chi connectivity index (χ1v) is 7.58. The fourth-order valence-electron chi connectivity index (χ4n) is 1.77. The van der Waals surface area contributed by atoms with Gasteiger partial charge in [0.25, 0.3) is 0 Å². The highest BCUT2D eigenvalue weighted by Gasteiger charge is 2.28. The second-order valence-corrected chi connectivity index (χ2v) is 7.46. The second-order valence-electron chi connectivity index (χ2n) is 4.57. The summed E-state index contributed by atoms with van der Waals surface area (Å²) in [6, 6.07) is 0. The van der Waals surface area contributed by atoms with Crippen LogP contribution in [0.3, 0.4) is 0 Å². The Labute approximate surface area is 78.0 Å². The highest BCUT2D eigenvalue weighted by atomic mass is 28.3. The normalized spacial score (nSPS) is 22.1. The Bertz CT molecular complexity index is 254. The van der Waals surface area contributed by atoms with E-state index in [0.29, 0.717) is 0 Å². The van der Waals surface area contributed by atoms with Gasteiger partial charge in [-0.25, -0.2) is 0 Å². The van der Waals surface area contributed by atoms with Gasteiger partial charge in [0, 0.05) is 5.41 Å². The van der Waals surface area contributed by atoms with Gasteiger partial charge >= 0.3 is 0 Å². The molecule has 0 aromatic heterocycles. The first-order valence-electron chi connectivity index (χ1n) is 4.69. The van der Waals surface area contributed by atoms with E-state index < -0.39 is 8.80 Å². The van der Waals surface area contributed by atoms with Crippen molar-refractivity contribution in [3.8, 4) is 0 Å². The fraction of sp³-hybridized carbons (Fsp3) is 0.636. The molecule has 0 unspecified atom stereocenters. The maximum Gasteiger partial charge on any atom is 0.0654 e. The molecule has 1 rings (SSSR count). The van der Waals surface area contributed by atoms with Crippen LogP contribution in [0.5, 0.6) is 0 Å². The van der Waals surface area contributed by atoms with Crippen LogP contribution < -0.4 is 0 Å². The summed E-state index contributed by atoms with van der Waals surface area (Å²) in [6.45, 7) is 13.8. The molecule has 0 amide bonds. The average Bonchev–Trinajstić information content (AvgIpc) is 2.14. The molecule has 0 aromatic carbocycles. The number of hydrogen-bond donors (Lipinski definition) is 0. The van der Waals surface area contributed by atoms with Crippen LogP contribution in [0, 0.1) is 11.5 Å². The van der Waals surface area contributed by atoms with Gasteiger partial charge in [0.2, 0.25) is 0 Å². The molecular weight excluding hydrogens is 160 g/mol. The molecule has 67 valence electrons. The molecule has 0 N–H and O–H groups in total. The Balaban J connectivity index is 3.10. The third-order valence-corrected chi connectivity index (χ3v) is 4.66. The van der Waals surface area contributed by atoms with E-state index in [0.717, 1.165) is 0 Å². The predicted octanol–water partition coefficient (Wildman–Crippen LogP) is 3.12. The Morgan fingerprint density at radius 3 is 1.83 bits per heavy atom. The lowest BCUT2D eigenvalue weighted by Gasteiger charge is -2.16. The smallest absolute Gasteiger partial charge is 0.0654 e. The molecular formula is C11H19Si. The molecule has 0 bridgehead atoms. The van der Waals surface area contributed by atoms with E-state index in [1.54, 1.807) is 5.20 Å². The molecule has 0 aromatic rings. The van der Waals surface area contributed by atoms with Crippen molar-refractivity contribution in [2.45, 2.75) is 40.8 Å². The molecule has 0 nitrogen and oxygen atoms in total. The maximum atomic E-state index is 3.63. The summed E-state index contributed by atoms with van der Waals surface area (Å²) in [4.78, 5) is 0. The number of allylic oxidation sites excluding steroid dienone is 4. The van der Waals surface area contributed by atoms with E-state index in [9.17, 15) is 0 Å². The lowest BCUT2D eigenvalue weighted by atomic mass is 9.88. The molecule has 0 atom stereocenters. The van der Waals surface area contributed by atoms with Gasteiger partial charge in [-0.2, -0.15) is 0 Å². The lowest BCUT2D eigenvalue weighted by molar-refractivity contribution is 0.569. The molecule has 0 fully saturated rings. The number of rotatable bonds is 1. The Hall–Kier alpha value is -0.303. The molecule has 0 saturated heterocycles. The van der Waals surface area contributed by atoms with Crippen molar-refractivity contribution in [2.75, 3.05) is 0 Å². The number of hydrogen-bond acceptors (Lipinski definition) is 0. The highest BCUT2D eigenvalue weighted by molar-refractivity contribution is 6.65. The summed E-state index contributed by atoms with van der Waals surface area (Å²) in [6.07, 6.45) is 3.63. The SMILES string of the molecule is CC1=C(C)C(C)(C)[C]=C1[SiH](C)C. The molecule has 0 aliphatic heterocycles. The quantitative estimate of drug-likeness (QED) is 0.543. The average molecular weight is 179 g/mol. The molecule has 12 heavy (non-hydrogen) atoms. The van der Waals surface area contributed by atoms with Gasteiger partial charge in [-0.3, -0.25) is 0 Å². The zero-order valence-corrected chi connectivity index (χ0v) is 10.2. The van der Waals surface area contributed by atoms with E-state index in [4.69, 9.17) is 0 Å². The van der Waals surface area contributed by atoms with Gasteiger partial charge in [0.05, 0.1) is 8.80 Å². The van der Waals surface area contributed by atoms with E-state index in [-0.39, 0.29) is 5.41 Å². The monoisotopic (exact) mass is 179 g/mol. The van der Waals surface area contributed by atoms with Crippen molar-refractivity contribution >= 4 is 8.80 Å². The summed E-state index contributed by atoms with van der Waals surface area (Å²) in [5.74, 6) is 0. The molecule has 1 heteroatoms. The topological polar surface area (TPSA) is 0 Å². The van der Waals surface area contributed by atoms with Gasteiger partial charge in [-0.05, 0) is 19.9 Å². The molecule has 0 heterocycles. The van der Waals surface area contributed by atoms with E-state index in [1.165, 1.54) is 11.1 Å². The first-order chi connectivity index (χ1) is 5.36. The molecule has 0 spiro atoms. The molecule has 1 radical (unpaired) electrons. The lowest BCUT2D eigenvalue weighted by Crippen LogP contribution is -2.07. The van der Waals surface area contributed by atoms with Crippen LogP contribution >= 0.6 is 0 Å². The largest absolute Gasteiger partial charge is 0.0682 e. The summed E-state index contributed by atoms with van der Waals surface area (Å²) in [5, 5.41) is 1.55. The van der Waals surface area contributed by atoms with Crippen LogP contribution in [0.4, 0.5) is 0 Å². The molecule has 1 aliphatic carbocycles. The van der Waals surface area contributed by atoms with Gasteiger partial charge < -0.3 is 0 Å². The minimum atomic E-state index is -0.654. The zero-order valence-electron chi connectivity index (χ0n) is 9.08. The van der Waals surface area contributed by atoms with Gasteiger partial charge in [-0.15, -0.1) is 0 Å². The summed E-state index contributed by atoms with van der Waals surface area (Å²) in [5.41, 5.74) is 3.23. The van der Waals surface area contributed by atoms with Crippen LogP contribution in [0.2, 0.25) is 13.1 Å². The Morgan fingerprint density at radius 1 is 1.17 bits per heavy atom. The van der Waals surface area contributed by atoms with Crippen LogP contribution in [0.1, 0.15) is 27.7 Å². The first kappa shape index (κ1) is 9.78.